The van der Waals surface area contributed by atoms with Crippen molar-refractivity contribution in [2.45, 2.75) is 6.61 Å². The van der Waals surface area contributed by atoms with Crippen molar-refractivity contribution in [1.82, 2.24) is 0 Å². The quantitative estimate of drug-likeness (QED) is 0.452. The zero-order chi connectivity index (χ0) is 17.7. The van der Waals surface area contributed by atoms with Crippen molar-refractivity contribution < 1.29 is 23.4 Å². The lowest BCUT2D eigenvalue weighted by molar-refractivity contribution is -0.385. The largest absolute Gasteiger partial charge is 0.434 e. The highest BCUT2D eigenvalue weighted by molar-refractivity contribution is 5.86. The average molecular weight is 337 g/mol. The summed E-state index contributed by atoms with van der Waals surface area (Å²) in [5.41, 5.74) is -0.417. The van der Waals surface area contributed by atoms with E-state index >= 15 is 0 Å². The molecule has 0 radical (unpaired) electrons. The van der Waals surface area contributed by atoms with Crippen molar-refractivity contribution in [3.63, 3.8) is 0 Å². The van der Waals surface area contributed by atoms with Crippen LogP contribution in [0.2, 0.25) is 0 Å². The molecule has 0 bridgehead atoms. The first-order valence-corrected chi connectivity index (χ1v) is 6.38. The van der Waals surface area contributed by atoms with Crippen LogP contribution in [-0.2, 0) is 0 Å². The van der Waals surface area contributed by atoms with E-state index in [-0.39, 0.29) is 28.4 Å². The molecule has 124 valence electrons. The Hall–Kier alpha value is -3.43. The van der Waals surface area contributed by atoms with Crippen molar-refractivity contribution in [2.75, 3.05) is 0 Å². The van der Waals surface area contributed by atoms with Crippen LogP contribution < -0.4 is 4.74 Å². The van der Waals surface area contributed by atoms with Crippen molar-refractivity contribution >= 4 is 23.3 Å². The lowest BCUT2D eigenvalue weighted by Gasteiger charge is -2.07. The van der Waals surface area contributed by atoms with Gasteiger partial charge in [-0.05, 0) is 12.1 Å². The predicted molar refractivity (Wildman–Crippen MR) is 80.1 cm³/mol. The summed E-state index contributed by atoms with van der Waals surface area (Å²) in [7, 11) is 0. The summed E-state index contributed by atoms with van der Waals surface area (Å²) < 4.78 is 29.1. The van der Waals surface area contributed by atoms with Gasteiger partial charge in [-0.25, -0.2) is 0 Å². The molecule has 0 aromatic heterocycles. The molecule has 0 spiro atoms. The second-order valence-corrected chi connectivity index (χ2v) is 4.39. The maximum absolute atomic E-state index is 12.4. The Kier molecular flexibility index (Phi) is 5.09. The number of nitro groups is 2. The van der Waals surface area contributed by atoms with Crippen molar-refractivity contribution in [2.24, 2.45) is 4.99 Å². The Balaban J connectivity index is 2.38. The topological polar surface area (TPSA) is 108 Å². The molecular formula is C14H9F2N3O5. The molecule has 0 saturated carbocycles. The molecule has 10 heteroatoms. The van der Waals surface area contributed by atoms with Gasteiger partial charge in [-0.15, -0.1) is 0 Å². The van der Waals surface area contributed by atoms with E-state index in [1.807, 2.05) is 0 Å². The van der Waals surface area contributed by atoms with E-state index in [1.165, 1.54) is 24.3 Å². The summed E-state index contributed by atoms with van der Waals surface area (Å²) in [4.78, 5) is 24.1. The van der Waals surface area contributed by atoms with Gasteiger partial charge in [0.15, 0.2) is 0 Å². The van der Waals surface area contributed by atoms with Crippen molar-refractivity contribution in [3.8, 4) is 5.75 Å². The highest BCUT2D eigenvalue weighted by Gasteiger charge is 2.14. The number of aliphatic imine (C=N–C) groups is 1. The maximum atomic E-state index is 12.4. The van der Waals surface area contributed by atoms with E-state index in [4.69, 9.17) is 0 Å². The van der Waals surface area contributed by atoms with Crippen LogP contribution in [0.15, 0.2) is 47.5 Å². The Labute approximate surface area is 133 Å². The van der Waals surface area contributed by atoms with Crippen molar-refractivity contribution in [3.05, 3.63) is 68.3 Å². The molecule has 0 N–H and O–H groups in total. The van der Waals surface area contributed by atoms with Gasteiger partial charge in [0.1, 0.15) is 5.75 Å². The molecule has 0 saturated heterocycles. The SMILES string of the molecule is O=[N+]([O-])c1cccc(N=Cc2cc([N+](=O)[O-])ccc2OC(F)F)c1. The first-order chi connectivity index (χ1) is 11.4. The van der Waals surface area contributed by atoms with Crippen molar-refractivity contribution in [1.29, 1.82) is 0 Å². The molecule has 0 amide bonds. The molecule has 2 aromatic carbocycles. The van der Waals surface area contributed by atoms with Crippen LogP contribution in [0.5, 0.6) is 5.75 Å². The fourth-order valence-electron chi connectivity index (χ4n) is 1.78. The standard InChI is InChI=1S/C14H9F2N3O5/c15-14(16)24-13-5-4-12(19(22)23)6-9(13)8-17-10-2-1-3-11(7-10)18(20)21/h1-8,14H. The highest BCUT2D eigenvalue weighted by Crippen LogP contribution is 2.26. The lowest BCUT2D eigenvalue weighted by atomic mass is 10.2. The molecule has 2 rings (SSSR count). The number of halogens is 2. The van der Waals surface area contributed by atoms with E-state index < -0.39 is 16.5 Å². The third-order valence-electron chi connectivity index (χ3n) is 2.81. The minimum Gasteiger partial charge on any atom is -0.434 e. The molecule has 8 nitrogen and oxygen atoms in total. The zero-order valence-corrected chi connectivity index (χ0v) is 11.8. The number of nitrogens with zero attached hydrogens (tertiary/aromatic N) is 3. The van der Waals surface area contributed by atoms with Crippen LogP contribution in [0.4, 0.5) is 25.8 Å². The van der Waals surface area contributed by atoms with E-state index in [0.29, 0.717) is 0 Å². The molecule has 0 fully saturated rings. The summed E-state index contributed by atoms with van der Waals surface area (Å²) in [6.07, 6.45) is 1.06. The van der Waals surface area contributed by atoms with Crippen LogP contribution >= 0.6 is 0 Å². The van der Waals surface area contributed by atoms with Gasteiger partial charge in [0.25, 0.3) is 11.4 Å². The zero-order valence-electron chi connectivity index (χ0n) is 11.8. The van der Waals surface area contributed by atoms with Crippen LogP contribution in [-0.4, -0.2) is 22.7 Å². The number of hydrogen-bond donors (Lipinski definition) is 0. The summed E-state index contributed by atoms with van der Waals surface area (Å²) >= 11 is 0. The summed E-state index contributed by atoms with van der Waals surface area (Å²) in [6.45, 7) is -3.11. The second-order valence-electron chi connectivity index (χ2n) is 4.39. The second kappa shape index (κ2) is 7.22. The van der Waals surface area contributed by atoms with E-state index in [2.05, 4.69) is 9.73 Å². The van der Waals surface area contributed by atoms with Gasteiger partial charge in [-0.2, -0.15) is 8.78 Å². The van der Waals surface area contributed by atoms with E-state index in [9.17, 15) is 29.0 Å². The Morgan fingerprint density at radius 1 is 1.04 bits per heavy atom. The van der Waals surface area contributed by atoms with E-state index in [0.717, 1.165) is 24.4 Å². The van der Waals surface area contributed by atoms with Gasteiger partial charge in [0.2, 0.25) is 0 Å². The normalized spacial score (nSPS) is 11.0. The molecule has 24 heavy (non-hydrogen) atoms. The fourth-order valence-corrected chi connectivity index (χ4v) is 1.78. The van der Waals surface area contributed by atoms with Crippen LogP contribution in [0, 0.1) is 20.2 Å². The first-order valence-electron chi connectivity index (χ1n) is 6.38. The molecule has 0 aliphatic carbocycles. The van der Waals surface area contributed by atoms with E-state index in [1.54, 1.807) is 0 Å². The Morgan fingerprint density at radius 2 is 1.71 bits per heavy atom. The van der Waals surface area contributed by atoms with Gasteiger partial charge in [-0.3, -0.25) is 25.2 Å². The molecule has 0 unspecified atom stereocenters. The van der Waals surface area contributed by atoms with Gasteiger partial charge in [0.05, 0.1) is 15.5 Å². The first kappa shape index (κ1) is 16.9. The third kappa shape index (κ3) is 4.29. The number of hydrogen-bond acceptors (Lipinski definition) is 6. The number of nitro benzene ring substituents is 2. The van der Waals surface area contributed by atoms with Gasteiger partial charge < -0.3 is 4.74 Å². The molecule has 0 atom stereocenters. The number of alkyl halides is 2. The minimum absolute atomic E-state index is 0.0593. The monoisotopic (exact) mass is 337 g/mol. The third-order valence-corrected chi connectivity index (χ3v) is 2.81. The summed E-state index contributed by atoms with van der Waals surface area (Å²) in [5.74, 6) is -0.301. The molecule has 0 aliphatic rings. The van der Waals surface area contributed by atoms with Crippen LogP contribution in [0.3, 0.4) is 0 Å². The van der Waals surface area contributed by atoms with Gasteiger partial charge >= 0.3 is 6.61 Å². The highest BCUT2D eigenvalue weighted by atomic mass is 19.3. The lowest BCUT2D eigenvalue weighted by Crippen LogP contribution is -2.04. The Morgan fingerprint density at radius 3 is 2.33 bits per heavy atom. The predicted octanol–water partition coefficient (Wildman–Crippen LogP) is 3.86. The molecule has 0 heterocycles. The number of rotatable bonds is 6. The van der Waals surface area contributed by atoms with Crippen LogP contribution in [0.25, 0.3) is 0 Å². The molecular weight excluding hydrogens is 328 g/mol. The minimum atomic E-state index is -3.11. The maximum Gasteiger partial charge on any atom is 0.387 e. The summed E-state index contributed by atoms with van der Waals surface area (Å²) in [6, 6.07) is 8.34. The van der Waals surface area contributed by atoms with Gasteiger partial charge in [-0.1, -0.05) is 6.07 Å². The fraction of sp³-hybridized carbons (Fsp3) is 0.0714. The number of benzene rings is 2. The average Bonchev–Trinajstić information content (AvgIpc) is 2.53. The molecule has 0 aliphatic heterocycles. The molecule has 2 aromatic rings. The number of non-ortho nitro benzene ring substituents is 2. The Bertz CT molecular complexity index is 811. The van der Waals surface area contributed by atoms with Crippen LogP contribution in [0.1, 0.15) is 5.56 Å². The smallest absolute Gasteiger partial charge is 0.387 e. The number of ether oxygens (including phenoxy) is 1. The summed E-state index contributed by atoms with van der Waals surface area (Å²) in [5, 5.41) is 21.5. The van der Waals surface area contributed by atoms with Gasteiger partial charge in [0, 0.05) is 36.0 Å².